The molecule has 0 fully saturated rings. The van der Waals surface area contributed by atoms with Gasteiger partial charge in [-0.1, -0.05) is 23.4 Å². The average Bonchev–Trinajstić information content (AvgIpc) is 2.04. The van der Waals surface area contributed by atoms with Crippen LogP contribution in [0.1, 0.15) is 12.8 Å². The summed E-state index contributed by atoms with van der Waals surface area (Å²) in [4.78, 5) is 10.3. The molecule has 4 nitrogen and oxygen atoms in total. The maximum absolute atomic E-state index is 10.3. The molecule has 1 aliphatic rings. The number of carbonyl (C=O) groups is 1. The van der Waals surface area contributed by atoms with Crippen molar-refractivity contribution in [3.8, 4) is 0 Å². The normalized spacial score (nSPS) is 19.3. The molecule has 0 aromatic heterocycles. The molecule has 0 atom stereocenters. The topological polar surface area (TPSA) is 69.9 Å². The molecule has 0 saturated heterocycles. The molecule has 1 rings (SSSR count). The van der Waals surface area contributed by atoms with E-state index in [0.29, 0.717) is 17.7 Å². The molecular weight excluding hydrogens is 158 g/mol. The van der Waals surface area contributed by atoms with Crippen LogP contribution in [0.25, 0.3) is 0 Å². The van der Waals surface area contributed by atoms with Gasteiger partial charge in [-0.25, -0.2) is 0 Å². The molecule has 12 heavy (non-hydrogen) atoms. The molecule has 0 bridgehead atoms. The molecule has 0 amide bonds. The summed E-state index contributed by atoms with van der Waals surface area (Å²) in [6.45, 7) is 0. The number of hydrogen-bond donors (Lipinski definition) is 2. The molecular formula is C8H9NO3. The lowest BCUT2D eigenvalue weighted by Gasteiger charge is -2.07. The Balaban J connectivity index is 2.77. The Kier molecular flexibility index (Phi) is 2.63. The van der Waals surface area contributed by atoms with Crippen molar-refractivity contribution in [1.29, 1.82) is 0 Å². The fraction of sp³-hybridized carbons (Fsp3) is 0.250. The zero-order valence-electron chi connectivity index (χ0n) is 6.40. The van der Waals surface area contributed by atoms with Crippen molar-refractivity contribution in [3.05, 3.63) is 23.8 Å². The third kappa shape index (κ3) is 1.95. The van der Waals surface area contributed by atoms with Gasteiger partial charge in [0, 0.05) is 6.42 Å². The quantitative estimate of drug-likeness (QED) is 0.479. The maximum Gasteiger partial charge on any atom is 0.307 e. The number of aliphatic carboxylic acids is 1. The molecule has 0 unspecified atom stereocenters. The van der Waals surface area contributed by atoms with E-state index in [4.69, 9.17) is 10.3 Å². The highest BCUT2D eigenvalue weighted by atomic mass is 16.4. The van der Waals surface area contributed by atoms with E-state index in [0.717, 1.165) is 0 Å². The van der Waals surface area contributed by atoms with Gasteiger partial charge in [-0.05, 0) is 5.57 Å². The summed E-state index contributed by atoms with van der Waals surface area (Å²) in [6.07, 6.45) is 5.61. The van der Waals surface area contributed by atoms with E-state index in [-0.39, 0.29) is 6.42 Å². The Labute approximate surface area is 69.5 Å². The zero-order valence-corrected chi connectivity index (χ0v) is 6.40. The van der Waals surface area contributed by atoms with Gasteiger partial charge in [0.25, 0.3) is 0 Å². The van der Waals surface area contributed by atoms with Crippen molar-refractivity contribution in [2.45, 2.75) is 12.8 Å². The van der Waals surface area contributed by atoms with Gasteiger partial charge in [0.05, 0.1) is 12.1 Å². The van der Waals surface area contributed by atoms with Gasteiger partial charge in [-0.2, -0.15) is 0 Å². The van der Waals surface area contributed by atoms with Crippen molar-refractivity contribution in [1.82, 2.24) is 0 Å². The van der Waals surface area contributed by atoms with Gasteiger partial charge >= 0.3 is 5.97 Å². The summed E-state index contributed by atoms with van der Waals surface area (Å²) in [7, 11) is 0. The molecule has 2 N–H and O–H groups in total. The van der Waals surface area contributed by atoms with Crippen molar-refractivity contribution in [3.63, 3.8) is 0 Å². The number of rotatable bonds is 2. The SMILES string of the molecule is O=C(O)CC1=CC=CC/C1=N/O. The van der Waals surface area contributed by atoms with E-state index < -0.39 is 5.97 Å². The maximum atomic E-state index is 10.3. The second-order valence-corrected chi connectivity index (χ2v) is 2.44. The van der Waals surface area contributed by atoms with Crippen LogP contribution in [0.2, 0.25) is 0 Å². The van der Waals surface area contributed by atoms with Gasteiger partial charge < -0.3 is 10.3 Å². The van der Waals surface area contributed by atoms with Crippen LogP contribution in [0.4, 0.5) is 0 Å². The molecule has 0 spiro atoms. The van der Waals surface area contributed by atoms with E-state index in [1.54, 1.807) is 18.2 Å². The van der Waals surface area contributed by atoms with Gasteiger partial charge in [0.1, 0.15) is 0 Å². The van der Waals surface area contributed by atoms with Crippen molar-refractivity contribution in [2.24, 2.45) is 5.16 Å². The van der Waals surface area contributed by atoms with E-state index in [9.17, 15) is 4.79 Å². The largest absolute Gasteiger partial charge is 0.481 e. The first-order chi connectivity index (χ1) is 5.74. The highest BCUT2D eigenvalue weighted by molar-refractivity contribution is 6.04. The lowest BCUT2D eigenvalue weighted by atomic mass is 10.00. The van der Waals surface area contributed by atoms with Crippen LogP contribution in [0.15, 0.2) is 29.0 Å². The lowest BCUT2D eigenvalue weighted by Crippen LogP contribution is -2.09. The molecule has 0 aromatic rings. The summed E-state index contributed by atoms with van der Waals surface area (Å²) in [6, 6.07) is 0. The predicted octanol–water partition coefficient (Wildman–Crippen LogP) is 1.18. The summed E-state index contributed by atoms with van der Waals surface area (Å²) < 4.78 is 0. The summed E-state index contributed by atoms with van der Waals surface area (Å²) in [5, 5.41) is 20.0. The molecule has 0 heterocycles. The van der Waals surface area contributed by atoms with Crippen LogP contribution < -0.4 is 0 Å². The van der Waals surface area contributed by atoms with Crippen LogP contribution in [0.5, 0.6) is 0 Å². The van der Waals surface area contributed by atoms with Gasteiger partial charge in [-0.3, -0.25) is 4.79 Å². The highest BCUT2D eigenvalue weighted by Gasteiger charge is 2.12. The molecule has 4 heteroatoms. The zero-order chi connectivity index (χ0) is 8.97. The first-order valence-electron chi connectivity index (χ1n) is 3.53. The highest BCUT2D eigenvalue weighted by Crippen LogP contribution is 2.12. The van der Waals surface area contributed by atoms with E-state index in [1.807, 2.05) is 0 Å². The Morgan fingerprint density at radius 3 is 3.00 bits per heavy atom. The minimum absolute atomic E-state index is 0.0935. The number of oxime groups is 1. The minimum Gasteiger partial charge on any atom is -0.481 e. The van der Waals surface area contributed by atoms with Gasteiger partial charge in [-0.15, -0.1) is 0 Å². The molecule has 1 aliphatic carbocycles. The monoisotopic (exact) mass is 167 g/mol. The number of allylic oxidation sites excluding steroid dienone is 3. The predicted molar refractivity (Wildman–Crippen MR) is 43.3 cm³/mol. The average molecular weight is 167 g/mol. The summed E-state index contributed by atoms with van der Waals surface area (Å²) in [5.41, 5.74) is 0.993. The fourth-order valence-corrected chi connectivity index (χ4v) is 1.02. The first kappa shape index (κ1) is 8.52. The standard InChI is InChI=1S/C8H9NO3/c10-8(11)5-6-3-1-2-4-7(6)9-12/h1-3,12H,4-5H2,(H,10,11)/b9-7-. The number of nitrogens with zero attached hydrogens (tertiary/aromatic N) is 1. The summed E-state index contributed by atoms with van der Waals surface area (Å²) in [5.74, 6) is -0.919. The number of hydrogen-bond acceptors (Lipinski definition) is 3. The molecule has 0 aromatic carbocycles. The van der Waals surface area contributed by atoms with Crippen LogP contribution in [-0.2, 0) is 4.79 Å². The van der Waals surface area contributed by atoms with Gasteiger partial charge in [0.15, 0.2) is 0 Å². The lowest BCUT2D eigenvalue weighted by molar-refractivity contribution is -0.136. The Morgan fingerprint density at radius 1 is 1.67 bits per heavy atom. The molecule has 0 saturated carbocycles. The van der Waals surface area contributed by atoms with Crippen molar-refractivity contribution >= 4 is 11.7 Å². The second kappa shape index (κ2) is 3.71. The van der Waals surface area contributed by atoms with E-state index in [1.165, 1.54) is 0 Å². The summed E-state index contributed by atoms with van der Waals surface area (Å²) >= 11 is 0. The Hall–Kier alpha value is -1.58. The van der Waals surface area contributed by atoms with Crippen LogP contribution in [-0.4, -0.2) is 22.0 Å². The molecule has 0 radical (unpaired) electrons. The van der Waals surface area contributed by atoms with E-state index >= 15 is 0 Å². The van der Waals surface area contributed by atoms with Crippen LogP contribution in [0.3, 0.4) is 0 Å². The van der Waals surface area contributed by atoms with Crippen LogP contribution >= 0.6 is 0 Å². The first-order valence-corrected chi connectivity index (χ1v) is 3.53. The minimum atomic E-state index is -0.919. The molecule has 0 aliphatic heterocycles. The smallest absolute Gasteiger partial charge is 0.307 e. The third-order valence-electron chi connectivity index (χ3n) is 1.58. The van der Waals surface area contributed by atoms with Crippen molar-refractivity contribution < 1.29 is 15.1 Å². The van der Waals surface area contributed by atoms with Crippen LogP contribution in [0, 0.1) is 0 Å². The Morgan fingerprint density at radius 2 is 2.42 bits per heavy atom. The fourth-order valence-electron chi connectivity index (χ4n) is 1.02. The van der Waals surface area contributed by atoms with Crippen molar-refractivity contribution in [2.75, 3.05) is 0 Å². The number of carboxylic acid groups (broad SMARTS) is 1. The third-order valence-corrected chi connectivity index (χ3v) is 1.58. The van der Waals surface area contributed by atoms with E-state index in [2.05, 4.69) is 5.16 Å². The van der Waals surface area contributed by atoms with Gasteiger partial charge in [0.2, 0.25) is 0 Å². The number of carboxylic acids is 1. The molecule has 64 valence electrons. The Bertz CT molecular complexity index is 276. The second-order valence-electron chi connectivity index (χ2n) is 2.44.